The summed E-state index contributed by atoms with van der Waals surface area (Å²) in [6.45, 7) is 1.59. The molecule has 0 heterocycles. The van der Waals surface area contributed by atoms with Gasteiger partial charge in [0.05, 0.1) is 6.63 Å². The van der Waals surface area contributed by atoms with E-state index >= 15 is 0 Å². The topological polar surface area (TPSA) is 0 Å². The molecule has 3 heteroatoms. The molecule has 0 aromatic carbocycles. The average Bonchev–Trinajstić information content (AvgIpc) is 2.53. The van der Waals surface area contributed by atoms with Crippen LogP contribution in [0.1, 0.15) is 122 Å². The maximum atomic E-state index is 5.78. The molecule has 0 aromatic rings. The van der Waals surface area contributed by atoms with E-state index < -0.39 is 6.63 Å². The smallest absolute Gasteiger partial charge is 0.0781 e. The molecule has 0 aliphatic heterocycles. The zero-order valence-corrected chi connectivity index (χ0v) is 18.0. The van der Waals surface area contributed by atoms with Crippen molar-refractivity contribution in [2.75, 3.05) is 6.16 Å². The summed E-state index contributed by atoms with van der Waals surface area (Å²) in [5, 5.41) is 0. The Hall–Kier alpha value is 1.01. The standard InChI is InChI=1S/C20H41Cl2P/c1-2-3-4-5-6-7-8-9-10-11-12-13-14-15-16-17-18-19-20-23(21)22/h2-20H2,1H3. The van der Waals surface area contributed by atoms with Gasteiger partial charge in [-0.05, 0) is 12.6 Å². The highest BCUT2D eigenvalue weighted by Crippen LogP contribution is 2.47. The van der Waals surface area contributed by atoms with Gasteiger partial charge in [0.2, 0.25) is 0 Å². The lowest BCUT2D eigenvalue weighted by Gasteiger charge is -2.04. The van der Waals surface area contributed by atoms with E-state index in [0.29, 0.717) is 0 Å². The summed E-state index contributed by atoms with van der Waals surface area (Å²) >= 11 is 11.6. The maximum Gasteiger partial charge on any atom is 0.0854 e. The van der Waals surface area contributed by atoms with E-state index in [1.54, 1.807) is 0 Å². The normalized spacial score (nSPS) is 11.5. The molecule has 0 radical (unpaired) electrons. The number of hydrogen-bond acceptors (Lipinski definition) is 0. The Morgan fingerprint density at radius 3 is 0.957 bits per heavy atom. The predicted octanol–water partition coefficient (Wildman–Crippen LogP) is 9.82. The summed E-state index contributed by atoms with van der Waals surface area (Å²) in [6.07, 6.45) is 26.6. The second-order valence-electron chi connectivity index (χ2n) is 7.04. The first-order valence-electron chi connectivity index (χ1n) is 10.4. The van der Waals surface area contributed by atoms with Crippen molar-refractivity contribution >= 4 is 29.1 Å². The fourth-order valence-electron chi connectivity index (χ4n) is 3.13. The monoisotopic (exact) mass is 382 g/mol. The summed E-state index contributed by atoms with van der Waals surface area (Å²) < 4.78 is 0. The van der Waals surface area contributed by atoms with Gasteiger partial charge in [-0.2, -0.15) is 0 Å². The molecule has 0 N–H and O–H groups in total. The summed E-state index contributed by atoms with van der Waals surface area (Å²) in [5.74, 6) is 0. The largest absolute Gasteiger partial charge is 0.0854 e. The highest BCUT2D eigenvalue weighted by atomic mass is 35.9. The zero-order valence-electron chi connectivity index (χ0n) is 15.6. The molecule has 0 aromatic heterocycles. The van der Waals surface area contributed by atoms with Crippen LogP contribution >= 0.6 is 29.1 Å². The molecule has 0 aliphatic carbocycles. The van der Waals surface area contributed by atoms with Crippen molar-refractivity contribution in [2.45, 2.75) is 122 Å². The lowest BCUT2D eigenvalue weighted by molar-refractivity contribution is 0.526. The Bertz CT molecular complexity index is 210. The van der Waals surface area contributed by atoms with Gasteiger partial charge in [-0.3, -0.25) is 0 Å². The lowest BCUT2D eigenvalue weighted by Crippen LogP contribution is -1.84. The Labute approximate surface area is 157 Å². The van der Waals surface area contributed by atoms with Gasteiger partial charge in [-0.15, -0.1) is 0 Å². The Morgan fingerprint density at radius 2 is 0.696 bits per heavy atom. The van der Waals surface area contributed by atoms with E-state index in [1.165, 1.54) is 116 Å². The van der Waals surface area contributed by atoms with Gasteiger partial charge < -0.3 is 0 Å². The minimum Gasteiger partial charge on any atom is -0.0781 e. The van der Waals surface area contributed by atoms with E-state index in [1.807, 2.05) is 0 Å². The van der Waals surface area contributed by atoms with Crippen molar-refractivity contribution in [2.24, 2.45) is 0 Å². The minimum absolute atomic E-state index is 0.700. The molecule has 0 aliphatic rings. The van der Waals surface area contributed by atoms with Crippen LogP contribution in [0.2, 0.25) is 0 Å². The van der Waals surface area contributed by atoms with Crippen molar-refractivity contribution in [1.29, 1.82) is 0 Å². The Morgan fingerprint density at radius 1 is 0.435 bits per heavy atom. The van der Waals surface area contributed by atoms with Gasteiger partial charge in [0.1, 0.15) is 0 Å². The van der Waals surface area contributed by atoms with Gasteiger partial charge in [0.25, 0.3) is 0 Å². The highest BCUT2D eigenvalue weighted by molar-refractivity contribution is 8.03. The lowest BCUT2D eigenvalue weighted by atomic mass is 10.0. The van der Waals surface area contributed by atoms with Gasteiger partial charge in [0.15, 0.2) is 0 Å². The number of hydrogen-bond donors (Lipinski definition) is 0. The molecule has 0 atom stereocenters. The molecule has 0 unspecified atom stereocenters. The van der Waals surface area contributed by atoms with Crippen molar-refractivity contribution in [1.82, 2.24) is 0 Å². The van der Waals surface area contributed by atoms with Crippen molar-refractivity contribution in [3.05, 3.63) is 0 Å². The van der Waals surface area contributed by atoms with Crippen molar-refractivity contribution < 1.29 is 0 Å². The molecule has 140 valence electrons. The SMILES string of the molecule is CCCCCCCCCCCCCCCCCCCCP(Cl)Cl. The van der Waals surface area contributed by atoms with E-state index in [4.69, 9.17) is 22.5 Å². The molecular weight excluding hydrogens is 342 g/mol. The van der Waals surface area contributed by atoms with E-state index in [0.717, 1.165) is 6.16 Å². The number of rotatable bonds is 19. The summed E-state index contributed by atoms with van der Waals surface area (Å²) in [7, 11) is 0. The van der Waals surface area contributed by atoms with Crippen LogP contribution in [-0.4, -0.2) is 6.16 Å². The van der Waals surface area contributed by atoms with E-state index in [-0.39, 0.29) is 0 Å². The average molecular weight is 383 g/mol. The molecule has 0 bridgehead atoms. The fourth-order valence-corrected chi connectivity index (χ4v) is 4.31. The van der Waals surface area contributed by atoms with E-state index in [9.17, 15) is 0 Å². The maximum absolute atomic E-state index is 5.78. The summed E-state index contributed by atoms with van der Waals surface area (Å²) in [6, 6.07) is 0. The number of halogens is 2. The zero-order chi connectivity index (χ0) is 17.0. The third-order valence-corrected chi connectivity index (χ3v) is 6.35. The Kier molecular flexibility index (Phi) is 22.0. The van der Waals surface area contributed by atoms with Crippen LogP contribution in [0, 0.1) is 0 Å². The predicted molar refractivity (Wildman–Crippen MR) is 112 cm³/mol. The molecule has 0 nitrogen and oxygen atoms in total. The van der Waals surface area contributed by atoms with Crippen LogP contribution in [0.5, 0.6) is 0 Å². The van der Waals surface area contributed by atoms with Gasteiger partial charge in [-0.1, -0.05) is 139 Å². The minimum atomic E-state index is -0.700. The van der Waals surface area contributed by atoms with Gasteiger partial charge in [0, 0.05) is 0 Å². The summed E-state index contributed by atoms with van der Waals surface area (Å²) in [4.78, 5) is 0. The van der Waals surface area contributed by atoms with Crippen molar-refractivity contribution in [3.63, 3.8) is 0 Å². The fraction of sp³-hybridized carbons (Fsp3) is 1.00. The quantitative estimate of drug-likeness (QED) is 0.154. The molecule has 0 fully saturated rings. The van der Waals surface area contributed by atoms with Crippen LogP contribution in [-0.2, 0) is 0 Å². The third kappa shape index (κ3) is 23.0. The van der Waals surface area contributed by atoms with Gasteiger partial charge >= 0.3 is 0 Å². The molecular formula is C20H41Cl2P. The second kappa shape index (κ2) is 21.1. The van der Waals surface area contributed by atoms with E-state index in [2.05, 4.69) is 6.92 Å². The summed E-state index contributed by atoms with van der Waals surface area (Å²) in [5.41, 5.74) is 0. The molecule has 0 spiro atoms. The molecule has 23 heavy (non-hydrogen) atoms. The van der Waals surface area contributed by atoms with Crippen LogP contribution < -0.4 is 0 Å². The molecule has 0 saturated carbocycles. The third-order valence-electron chi connectivity index (χ3n) is 4.68. The molecule has 0 rings (SSSR count). The molecule has 0 saturated heterocycles. The van der Waals surface area contributed by atoms with Crippen molar-refractivity contribution in [3.8, 4) is 0 Å². The first-order valence-corrected chi connectivity index (χ1v) is 13.7. The van der Waals surface area contributed by atoms with Gasteiger partial charge in [-0.25, -0.2) is 0 Å². The number of unbranched alkanes of at least 4 members (excludes halogenated alkanes) is 17. The Balaban J connectivity index is 2.95. The molecule has 0 amide bonds. The first-order chi connectivity index (χ1) is 11.3. The highest BCUT2D eigenvalue weighted by Gasteiger charge is 1.98. The van der Waals surface area contributed by atoms with Crippen LogP contribution in [0.25, 0.3) is 0 Å². The van der Waals surface area contributed by atoms with Crippen LogP contribution in [0.15, 0.2) is 0 Å². The first kappa shape index (κ1) is 24.0. The van der Waals surface area contributed by atoms with Crippen LogP contribution in [0.4, 0.5) is 0 Å². The second-order valence-corrected chi connectivity index (χ2v) is 11.1. The van der Waals surface area contributed by atoms with Crippen LogP contribution in [0.3, 0.4) is 0 Å².